The maximum atomic E-state index is 17.1. The van der Waals surface area contributed by atoms with E-state index in [0.717, 1.165) is 86.5 Å². The van der Waals surface area contributed by atoms with Gasteiger partial charge >= 0.3 is 6.01 Å². The first kappa shape index (κ1) is 29.0. The molecule has 47 heavy (non-hydrogen) atoms. The van der Waals surface area contributed by atoms with Crippen LogP contribution in [0.3, 0.4) is 0 Å². The number of benzene rings is 1. The van der Waals surface area contributed by atoms with Crippen molar-refractivity contribution in [1.29, 1.82) is 0 Å². The summed E-state index contributed by atoms with van der Waals surface area (Å²) in [6, 6.07) is 8.04. The first-order valence-corrected chi connectivity index (χ1v) is 17.0. The van der Waals surface area contributed by atoms with Crippen LogP contribution in [0.15, 0.2) is 48.8 Å². The smallest absolute Gasteiger partial charge is 0.319 e. The summed E-state index contributed by atoms with van der Waals surface area (Å²) in [7, 11) is 0. The van der Waals surface area contributed by atoms with Gasteiger partial charge in [-0.15, -0.1) is 0 Å². The first-order valence-electron chi connectivity index (χ1n) is 17.0. The van der Waals surface area contributed by atoms with Gasteiger partial charge in [-0.05, 0) is 57.6 Å². The predicted molar refractivity (Wildman–Crippen MR) is 175 cm³/mol. The average molecular weight is 641 g/mol. The molecule has 3 fully saturated rings. The molecule has 8 heterocycles. The molecule has 9 rings (SSSR count). The van der Waals surface area contributed by atoms with E-state index in [2.05, 4.69) is 22.0 Å². The lowest BCUT2D eigenvalue weighted by Gasteiger charge is -2.31. The third-order valence-corrected chi connectivity index (χ3v) is 10.5. The van der Waals surface area contributed by atoms with Crippen molar-refractivity contribution in [1.82, 2.24) is 34.2 Å². The summed E-state index contributed by atoms with van der Waals surface area (Å²) in [5.74, 6) is 0.183. The molecule has 10 nitrogen and oxygen atoms in total. The number of anilines is 1. The monoisotopic (exact) mass is 640 g/mol. The van der Waals surface area contributed by atoms with Gasteiger partial charge in [-0.25, -0.2) is 18.4 Å². The summed E-state index contributed by atoms with van der Waals surface area (Å²) < 4.78 is 47.8. The fraction of sp³-hybridized carbons (Fsp3) is 0.486. The second-order valence-electron chi connectivity index (χ2n) is 13.4. The Morgan fingerprint density at radius 2 is 1.83 bits per heavy atom. The van der Waals surface area contributed by atoms with E-state index in [1.54, 1.807) is 12.4 Å². The zero-order valence-electron chi connectivity index (χ0n) is 26.3. The zero-order chi connectivity index (χ0) is 31.5. The van der Waals surface area contributed by atoms with E-state index < -0.39 is 12.0 Å². The fourth-order valence-electron chi connectivity index (χ4n) is 8.28. The Morgan fingerprint density at radius 3 is 2.68 bits per heavy atom. The maximum Gasteiger partial charge on any atom is 0.319 e. The van der Waals surface area contributed by atoms with E-state index >= 15 is 4.39 Å². The summed E-state index contributed by atoms with van der Waals surface area (Å²) >= 11 is 0. The lowest BCUT2D eigenvalue weighted by Crippen LogP contribution is -2.43. The number of fused-ring (bicyclic) bond motifs is 5. The van der Waals surface area contributed by atoms with Gasteiger partial charge in [-0.1, -0.05) is 30.4 Å². The highest BCUT2D eigenvalue weighted by atomic mass is 19.1. The molecule has 4 aliphatic heterocycles. The summed E-state index contributed by atoms with van der Waals surface area (Å²) in [6.07, 6.45) is 13.7. The van der Waals surface area contributed by atoms with Gasteiger partial charge in [0.1, 0.15) is 24.1 Å². The lowest BCUT2D eigenvalue weighted by molar-refractivity contribution is -0.0365. The number of hydrogen-bond acceptors (Lipinski definition) is 8. The van der Waals surface area contributed by atoms with Gasteiger partial charge in [0.25, 0.3) is 0 Å². The zero-order valence-corrected chi connectivity index (χ0v) is 26.3. The van der Waals surface area contributed by atoms with Crippen molar-refractivity contribution in [3.8, 4) is 11.8 Å². The summed E-state index contributed by atoms with van der Waals surface area (Å²) in [4.78, 5) is 18.7. The first-order chi connectivity index (χ1) is 23.1. The fourth-order valence-corrected chi connectivity index (χ4v) is 8.28. The molecule has 0 bridgehead atoms. The van der Waals surface area contributed by atoms with Gasteiger partial charge in [-0.2, -0.15) is 15.1 Å². The van der Waals surface area contributed by atoms with Crippen molar-refractivity contribution in [2.45, 2.75) is 69.3 Å². The Hall–Kier alpha value is -4.16. The van der Waals surface area contributed by atoms with E-state index in [1.807, 2.05) is 33.5 Å². The Labute approximate surface area is 271 Å². The molecule has 4 aliphatic rings. The summed E-state index contributed by atoms with van der Waals surface area (Å²) in [5, 5.41) is 6.21. The molecule has 244 valence electrons. The number of pyridine rings is 1. The lowest BCUT2D eigenvalue weighted by atomic mass is 9.95. The number of aromatic nitrogens is 6. The molecule has 0 aliphatic carbocycles. The Bertz CT molecular complexity index is 1990. The quantitative estimate of drug-likeness (QED) is 0.201. The molecule has 0 amide bonds. The van der Waals surface area contributed by atoms with Crippen LogP contribution in [-0.4, -0.2) is 85.3 Å². The second-order valence-corrected chi connectivity index (χ2v) is 13.4. The van der Waals surface area contributed by atoms with Gasteiger partial charge < -0.3 is 14.4 Å². The largest absolute Gasteiger partial charge is 0.461 e. The topological polar surface area (TPSA) is 86.4 Å². The van der Waals surface area contributed by atoms with Crippen LogP contribution in [0.5, 0.6) is 6.01 Å². The molecule has 1 aromatic carbocycles. The van der Waals surface area contributed by atoms with Gasteiger partial charge in [0.2, 0.25) is 0 Å². The molecule has 0 radical (unpaired) electrons. The highest BCUT2D eigenvalue weighted by molar-refractivity contribution is 6.07. The SMILES string of the molecule is Fc1c(-n2c3ccccc3c3c2cnn3C2CCCCO2)ncc2c(N3CCC=CCC3)nc(OC[C@@]34CCCN3C[C@H](F)C4)nc12. The van der Waals surface area contributed by atoms with Crippen LogP contribution in [0.2, 0.25) is 0 Å². The molecular formula is C35H38F2N8O2. The van der Waals surface area contributed by atoms with Crippen molar-refractivity contribution in [2.24, 2.45) is 0 Å². The van der Waals surface area contributed by atoms with E-state index in [9.17, 15) is 4.39 Å². The Kier molecular flexibility index (Phi) is 7.11. The maximum absolute atomic E-state index is 17.1. The van der Waals surface area contributed by atoms with Crippen LogP contribution in [0.25, 0.3) is 38.7 Å². The van der Waals surface area contributed by atoms with Crippen molar-refractivity contribution in [3.05, 3.63) is 54.6 Å². The summed E-state index contributed by atoms with van der Waals surface area (Å²) in [5.41, 5.74) is 2.24. The molecule has 4 aromatic heterocycles. The molecule has 5 aromatic rings. The minimum atomic E-state index is -0.870. The van der Waals surface area contributed by atoms with Crippen molar-refractivity contribution < 1.29 is 18.3 Å². The van der Waals surface area contributed by atoms with Gasteiger partial charge in [-0.3, -0.25) is 9.47 Å². The minimum absolute atomic E-state index is 0.106. The van der Waals surface area contributed by atoms with E-state index in [0.29, 0.717) is 30.8 Å². The van der Waals surface area contributed by atoms with Crippen LogP contribution in [-0.2, 0) is 4.74 Å². The molecule has 1 unspecified atom stereocenters. The number of nitrogens with zero attached hydrogens (tertiary/aromatic N) is 8. The van der Waals surface area contributed by atoms with Crippen LogP contribution >= 0.6 is 0 Å². The number of hydrogen-bond donors (Lipinski definition) is 0. The third kappa shape index (κ3) is 4.78. The molecule has 3 saturated heterocycles. The van der Waals surface area contributed by atoms with Crippen molar-refractivity contribution in [3.63, 3.8) is 0 Å². The van der Waals surface area contributed by atoms with Crippen LogP contribution in [0, 0.1) is 5.82 Å². The van der Waals surface area contributed by atoms with Crippen molar-refractivity contribution >= 4 is 38.7 Å². The van der Waals surface area contributed by atoms with E-state index in [1.165, 1.54) is 0 Å². The number of halogens is 2. The number of ether oxygens (including phenoxy) is 2. The normalized spacial score (nSPS) is 25.3. The number of alkyl halides is 1. The van der Waals surface area contributed by atoms with E-state index in [-0.39, 0.29) is 35.7 Å². The predicted octanol–water partition coefficient (Wildman–Crippen LogP) is 6.27. The number of para-hydroxylation sites is 1. The molecule has 0 saturated carbocycles. The molecule has 3 atom stereocenters. The van der Waals surface area contributed by atoms with Gasteiger partial charge in [0.15, 0.2) is 17.9 Å². The molecule has 0 N–H and O–H groups in total. The van der Waals surface area contributed by atoms with Gasteiger partial charge in [0.05, 0.1) is 33.7 Å². The highest BCUT2D eigenvalue weighted by Crippen LogP contribution is 2.41. The standard InChI is InChI=1S/C35H38F2N8O2/c36-23-18-35(13-9-16-43(35)21-23)22-47-34-40-30-25(32(41-34)42-14-6-1-2-7-15-42)19-38-33(29(30)37)44-26-11-4-3-10-24(26)31-27(44)20-39-45(31)28-12-5-8-17-46-28/h1-4,10-11,19-20,23,28H,5-9,12-18,21-22H2/t23-,28?,35+/m1/s1. The molecular weight excluding hydrogens is 602 g/mol. The molecule has 0 spiro atoms. The van der Waals surface area contributed by atoms with Gasteiger partial charge in [0, 0.05) is 44.2 Å². The highest BCUT2D eigenvalue weighted by Gasteiger charge is 2.49. The summed E-state index contributed by atoms with van der Waals surface area (Å²) in [6.45, 7) is 3.72. The van der Waals surface area contributed by atoms with Crippen LogP contribution < -0.4 is 9.64 Å². The Morgan fingerprint density at radius 1 is 0.957 bits per heavy atom. The van der Waals surface area contributed by atoms with Crippen LogP contribution in [0.1, 0.15) is 57.6 Å². The minimum Gasteiger partial charge on any atom is -0.461 e. The van der Waals surface area contributed by atoms with Crippen molar-refractivity contribution in [2.75, 3.05) is 44.3 Å². The number of rotatable bonds is 6. The third-order valence-electron chi connectivity index (χ3n) is 10.5. The molecule has 12 heteroatoms. The van der Waals surface area contributed by atoms with Crippen LogP contribution in [0.4, 0.5) is 14.6 Å². The van der Waals surface area contributed by atoms with E-state index in [4.69, 9.17) is 29.5 Å². The second kappa shape index (κ2) is 11.5. The Balaban J connectivity index is 1.18. The average Bonchev–Trinajstić information content (AvgIpc) is 3.78.